The van der Waals surface area contributed by atoms with Gasteiger partial charge in [0, 0.05) is 17.7 Å². The minimum atomic E-state index is -0.487. The molecule has 0 amide bonds. The van der Waals surface area contributed by atoms with Crippen LogP contribution in [0.3, 0.4) is 0 Å². The Bertz CT molecular complexity index is 506. The van der Waals surface area contributed by atoms with Gasteiger partial charge in [0.1, 0.15) is 6.61 Å². The lowest BCUT2D eigenvalue weighted by Crippen LogP contribution is -1.88. The first-order valence-corrected chi connectivity index (χ1v) is 4.39. The maximum atomic E-state index is 10.4. The van der Waals surface area contributed by atoms with Crippen LogP contribution in [0.5, 0.6) is 0 Å². The molecule has 0 saturated heterocycles. The molecule has 7 heteroatoms. The Morgan fingerprint density at radius 1 is 1.38 bits per heavy atom. The van der Waals surface area contributed by atoms with Crippen molar-refractivity contribution in [1.29, 1.82) is 0 Å². The van der Waals surface area contributed by atoms with Gasteiger partial charge >= 0.3 is 0 Å². The van der Waals surface area contributed by atoms with Crippen LogP contribution in [0.4, 0.5) is 5.69 Å². The van der Waals surface area contributed by atoms with Crippen molar-refractivity contribution in [3.05, 3.63) is 40.3 Å². The lowest BCUT2D eigenvalue weighted by Gasteiger charge is -1.93. The molecular formula is C9H7N3O4. The lowest BCUT2D eigenvalue weighted by atomic mass is 10.2. The van der Waals surface area contributed by atoms with Gasteiger partial charge in [0.05, 0.1) is 4.92 Å². The minimum absolute atomic E-state index is 0.00498. The van der Waals surface area contributed by atoms with E-state index in [2.05, 4.69) is 10.1 Å². The summed E-state index contributed by atoms with van der Waals surface area (Å²) in [5.74, 6) is 0.396. The average Bonchev–Trinajstić information content (AvgIpc) is 2.77. The predicted molar refractivity (Wildman–Crippen MR) is 52.3 cm³/mol. The van der Waals surface area contributed by atoms with E-state index in [-0.39, 0.29) is 18.2 Å². The van der Waals surface area contributed by atoms with E-state index in [4.69, 9.17) is 9.63 Å². The number of nitro groups is 1. The minimum Gasteiger partial charge on any atom is -0.387 e. The van der Waals surface area contributed by atoms with Crippen LogP contribution in [-0.4, -0.2) is 20.2 Å². The van der Waals surface area contributed by atoms with Crippen molar-refractivity contribution in [2.75, 3.05) is 0 Å². The number of hydrogen-bond donors (Lipinski definition) is 1. The molecule has 16 heavy (non-hydrogen) atoms. The predicted octanol–water partition coefficient (Wildman–Crippen LogP) is 1.14. The summed E-state index contributed by atoms with van der Waals surface area (Å²) in [4.78, 5) is 13.8. The van der Waals surface area contributed by atoms with E-state index in [0.29, 0.717) is 11.4 Å². The second-order valence-corrected chi connectivity index (χ2v) is 2.97. The molecule has 82 valence electrons. The number of aromatic nitrogens is 2. The van der Waals surface area contributed by atoms with Crippen LogP contribution in [-0.2, 0) is 6.61 Å². The largest absolute Gasteiger partial charge is 0.387 e. The van der Waals surface area contributed by atoms with Gasteiger partial charge in [-0.05, 0) is 12.1 Å². The molecule has 7 nitrogen and oxygen atoms in total. The van der Waals surface area contributed by atoms with Crippen molar-refractivity contribution in [3.8, 4) is 11.4 Å². The molecular weight excluding hydrogens is 214 g/mol. The van der Waals surface area contributed by atoms with E-state index in [1.807, 2.05) is 0 Å². The Kier molecular flexibility index (Phi) is 2.61. The molecule has 0 saturated carbocycles. The van der Waals surface area contributed by atoms with Gasteiger partial charge in [-0.3, -0.25) is 10.1 Å². The number of aliphatic hydroxyl groups excluding tert-OH is 1. The van der Waals surface area contributed by atoms with Crippen molar-refractivity contribution < 1.29 is 14.6 Å². The molecule has 0 radical (unpaired) electrons. The smallest absolute Gasteiger partial charge is 0.269 e. The van der Waals surface area contributed by atoms with Crippen molar-refractivity contribution in [1.82, 2.24) is 10.1 Å². The maximum Gasteiger partial charge on any atom is 0.269 e. The van der Waals surface area contributed by atoms with E-state index in [9.17, 15) is 10.1 Å². The highest BCUT2D eigenvalue weighted by molar-refractivity contribution is 5.56. The summed E-state index contributed by atoms with van der Waals surface area (Å²) < 4.78 is 4.70. The Hall–Kier alpha value is -2.28. The Balaban J connectivity index is 2.30. The van der Waals surface area contributed by atoms with E-state index >= 15 is 0 Å². The summed E-state index contributed by atoms with van der Waals surface area (Å²) in [6.45, 7) is -0.333. The molecule has 1 heterocycles. The van der Waals surface area contributed by atoms with Crippen molar-refractivity contribution in [2.24, 2.45) is 0 Å². The van der Waals surface area contributed by atoms with Crippen LogP contribution in [0.1, 0.15) is 5.89 Å². The van der Waals surface area contributed by atoms with Gasteiger partial charge in [0.2, 0.25) is 5.82 Å². The standard InChI is InChI=1S/C9H7N3O4/c13-5-8-10-9(11-16-8)6-1-3-7(4-2-6)12(14)15/h1-4,13H,5H2. The molecule has 0 atom stereocenters. The SMILES string of the molecule is O=[N+]([O-])c1ccc(-c2noc(CO)n2)cc1. The summed E-state index contributed by atoms with van der Waals surface area (Å²) in [5.41, 5.74) is 0.587. The average molecular weight is 221 g/mol. The number of nitrogens with zero attached hydrogens (tertiary/aromatic N) is 3. The van der Waals surface area contributed by atoms with Crippen LogP contribution < -0.4 is 0 Å². The van der Waals surface area contributed by atoms with E-state index in [1.165, 1.54) is 24.3 Å². The fourth-order valence-electron chi connectivity index (χ4n) is 1.17. The number of hydrogen-bond acceptors (Lipinski definition) is 6. The number of nitro benzene ring substituents is 1. The first kappa shape index (κ1) is 10.2. The normalized spacial score (nSPS) is 10.3. The van der Waals surface area contributed by atoms with Crippen LogP contribution >= 0.6 is 0 Å². The number of benzene rings is 1. The number of aliphatic hydroxyl groups is 1. The van der Waals surface area contributed by atoms with Crippen LogP contribution in [0.2, 0.25) is 0 Å². The summed E-state index contributed by atoms with van der Waals surface area (Å²) in [7, 11) is 0. The van der Waals surface area contributed by atoms with E-state index < -0.39 is 4.92 Å². The van der Waals surface area contributed by atoms with Crippen molar-refractivity contribution in [3.63, 3.8) is 0 Å². The van der Waals surface area contributed by atoms with Crippen LogP contribution in [0.15, 0.2) is 28.8 Å². The second-order valence-electron chi connectivity index (χ2n) is 2.97. The fraction of sp³-hybridized carbons (Fsp3) is 0.111. The Labute approximate surface area is 89.5 Å². The number of rotatable bonds is 3. The van der Waals surface area contributed by atoms with Crippen LogP contribution in [0.25, 0.3) is 11.4 Å². The summed E-state index contributed by atoms with van der Waals surface area (Å²) >= 11 is 0. The zero-order valence-corrected chi connectivity index (χ0v) is 8.03. The van der Waals surface area contributed by atoms with E-state index in [0.717, 1.165) is 0 Å². The molecule has 0 bridgehead atoms. The third-order valence-corrected chi connectivity index (χ3v) is 1.94. The van der Waals surface area contributed by atoms with Crippen molar-refractivity contribution >= 4 is 5.69 Å². The molecule has 1 aromatic heterocycles. The fourth-order valence-corrected chi connectivity index (χ4v) is 1.17. The highest BCUT2D eigenvalue weighted by Crippen LogP contribution is 2.19. The van der Waals surface area contributed by atoms with Gasteiger partial charge < -0.3 is 9.63 Å². The Morgan fingerprint density at radius 2 is 2.06 bits per heavy atom. The highest BCUT2D eigenvalue weighted by Gasteiger charge is 2.09. The Morgan fingerprint density at radius 3 is 2.56 bits per heavy atom. The zero-order chi connectivity index (χ0) is 11.5. The first-order valence-electron chi connectivity index (χ1n) is 4.39. The first-order chi connectivity index (χ1) is 7.70. The molecule has 0 spiro atoms. The highest BCUT2D eigenvalue weighted by atomic mass is 16.6. The second kappa shape index (κ2) is 4.07. The molecule has 0 aliphatic rings. The molecule has 0 aliphatic heterocycles. The third kappa shape index (κ3) is 1.89. The number of non-ortho nitro benzene ring substituents is 1. The molecule has 2 rings (SSSR count). The monoisotopic (exact) mass is 221 g/mol. The summed E-state index contributed by atoms with van der Waals surface area (Å²) in [5, 5.41) is 22.8. The van der Waals surface area contributed by atoms with Crippen LogP contribution in [0, 0.1) is 10.1 Å². The quantitative estimate of drug-likeness (QED) is 0.615. The van der Waals surface area contributed by atoms with Gasteiger partial charge in [-0.2, -0.15) is 4.98 Å². The van der Waals surface area contributed by atoms with E-state index in [1.54, 1.807) is 0 Å². The zero-order valence-electron chi connectivity index (χ0n) is 8.03. The van der Waals surface area contributed by atoms with Gasteiger partial charge in [-0.15, -0.1) is 0 Å². The van der Waals surface area contributed by atoms with Crippen molar-refractivity contribution in [2.45, 2.75) is 6.61 Å². The maximum absolute atomic E-state index is 10.4. The molecule has 0 unspecified atom stereocenters. The summed E-state index contributed by atoms with van der Waals surface area (Å²) in [6, 6.07) is 5.74. The third-order valence-electron chi connectivity index (χ3n) is 1.94. The molecule has 0 aliphatic carbocycles. The van der Waals surface area contributed by atoms with Gasteiger partial charge in [0.25, 0.3) is 11.6 Å². The lowest BCUT2D eigenvalue weighted by molar-refractivity contribution is -0.384. The van der Waals surface area contributed by atoms with Gasteiger partial charge in [-0.25, -0.2) is 0 Å². The molecule has 1 aromatic carbocycles. The molecule has 2 aromatic rings. The molecule has 0 fully saturated rings. The van der Waals surface area contributed by atoms with Gasteiger partial charge in [-0.1, -0.05) is 5.16 Å². The van der Waals surface area contributed by atoms with Gasteiger partial charge in [0.15, 0.2) is 0 Å². The molecule has 1 N–H and O–H groups in total. The topological polar surface area (TPSA) is 102 Å². The summed E-state index contributed by atoms with van der Waals surface area (Å²) in [6.07, 6.45) is 0.